The molecule has 1 aliphatic carbocycles. The van der Waals surface area contributed by atoms with E-state index in [9.17, 15) is 14.9 Å². The Bertz CT molecular complexity index is 1330. The molecular weight excluding hydrogens is 432 g/mol. The normalized spacial score (nSPS) is 21.7. The Labute approximate surface area is 196 Å². The Morgan fingerprint density at radius 2 is 1.94 bits per heavy atom. The van der Waals surface area contributed by atoms with Gasteiger partial charge in [0.05, 0.1) is 23.1 Å². The Hall–Kier alpha value is -3.63. The van der Waals surface area contributed by atoms with Gasteiger partial charge in [-0.05, 0) is 42.0 Å². The Balaban J connectivity index is 1.52. The number of hydrogen-bond donors (Lipinski definition) is 1. The van der Waals surface area contributed by atoms with Crippen LogP contribution in [-0.2, 0) is 9.59 Å². The maximum atomic E-state index is 13.5. The van der Waals surface area contributed by atoms with Gasteiger partial charge < -0.3 is 5.32 Å². The van der Waals surface area contributed by atoms with E-state index in [0.29, 0.717) is 5.69 Å². The fourth-order valence-corrected chi connectivity index (χ4v) is 5.53. The van der Waals surface area contributed by atoms with Crippen LogP contribution in [0.2, 0.25) is 0 Å². The highest BCUT2D eigenvalue weighted by Gasteiger charge is 2.43. The number of allylic oxidation sites excluding steroid dienone is 1. The van der Waals surface area contributed by atoms with Crippen LogP contribution in [0, 0.1) is 17.2 Å². The van der Waals surface area contributed by atoms with E-state index in [1.165, 1.54) is 11.8 Å². The summed E-state index contributed by atoms with van der Waals surface area (Å²) in [5.74, 6) is -2.65. The number of fused-ring (bicyclic) bond motifs is 2. The molecule has 3 atom stereocenters. The lowest BCUT2D eigenvalue weighted by Gasteiger charge is -2.29. The minimum Gasteiger partial charge on any atom is -0.325 e. The molecule has 2 aromatic carbocycles. The first-order valence-corrected chi connectivity index (χ1v) is 11.9. The van der Waals surface area contributed by atoms with Crippen molar-refractivity contribution in [3.63, 3.8) is 0 Å². The largest absolute Gasteiger partial charge is 0.325 e. The van der Waals surface area contributed by atoms with Gasteiger partial charge in [0.15, 0.2) is 5.92 Å². The summed E-state index contributed by atoms with van der Waals surface area (Å²) in [7, 11) is 0. The molecule has 0 saturated heterocycles. The molecule has 33 heavy (non-hydrogen) atoms. The molecule has 2 aliphatic heterocycles. The van der Waals surface area contributed by atoms with Crippen LogP contribution in [-0.4, -0.2) is 33.7 Å². The number of Topliss-reactive ketones (excluding diaryl/α,β-unsaturated/α-hetero) is 1. The quantitative estimate of drug-likeness (QED) is 0.555. The number of thioether (sulfide) groups is 1. The van der Waals surface area contributed by atoms with Crippen molar-refractivity contribution in [2.75, 3.05) is 5.32 Å². The van der Waals surface area contributed by atoms with Crippen molar-refractivity contribution in [1.82, 2.24) is 5.01 Å². The summed E-state index contributed by atoms with van der Waals surface area (Å²) in [4.78, 5) is 26.3. The second-order valence-electron chi connectivity index (χ2n) is 8.14. The molecule has 0 bridgehead atoms. The third-order valence-electron chi connectivity index (χ3n) is 6.02. The summed E-state index contributed by atoms with van der Waals surface area (Å²) in [6.45, 7) is 0. The highest BCUT2D eigenvalue weighted by Crippen LogP contribution is 2.37. The van der Waals surface area contributed by atoms with Crippen LogP contribution in [0.3, 0.4) is 0 Å². The van der Waals surface area contributed by atoms with Gasteiger partial charge >= 0.3 is 0 Å². The van der Waals surface area contributed by atoms with E-state index in [0.717, 1.165) is 35.4 Å². The number of para-hydroxylation sites is 1. The summed E-state index contributed by atoms with van der Waals surface area (Å²) in [5, 5.41) is 22.9. The zero-order valence-corrected chi connectivity index (χ0v) is 18.7. The zero-order chi connectivity index (χ0) is 22.8. The van der Waals surface area contributed by atoms with E-state index in [4.69, 9.17) is 5.10 Å². The molecular formula is C26H22N4O2S. The van der Waals surface area contributed by atoms with Crippen LogP contribution >= 0.6 is 11.8 Å². The summed E-state index contributed by atoms with van der Waals surface area (Å²) in [5.41, 5.74) is 1.76. The predicted octanol–water partition coefficient (Wildman–Crippen LogP) is 2.78. The third kappa shape index (κ3) is 3.98. The molecule has 1 amide bonds. The minimum absolute atomic E-state index is 0.0481. The van der Waals surface area contributed by atoms with Crippen LogP contribution in [0.15, 0.2) is 71.9 Å². The molecule has 164 valence electrons. The molecule has 5 rings (SSSR count). The zero-order valence-electron chi connectivity index (χ0n) is 17.8. The predicted molar refractivity (Wildman–Crippen MR) is 130 cm³/mol. The van der Waals surface area contributed by atoms with Crippen molar-refractivity contribution >= 4 is 46.0 Å². The highest BCUT2D eigenvalue weighted by atomic mass is 32.2. The molecule has 6 nitrogen and oxygen atoms in total. The number of benzene rings is 2. The molecule has 0 aromatic heterocycles. The Morgan fingerprint density at radius 3 is 2.70 bits per heavy atom. The van der Waals surface area contributed by atoms with Gasteiger partial charge in [-0.3, -0.25) is 14.6 Å². The first-order chi connectivity index (χ1) is 16.2. The maximum Gasteiger partial charge on any atom is 0.249 e. The van der Waals surface area contributed by atoms with E-state index in [1.54, 1.807) is 24.3 Å². The molecule has 3 unspecified atom stereocenters. The van der Waals surface area contributed by atoms with Crippen molar-refractivity contribution in [1.29, 1.82) is 5.26 Å². The SMILES string of the molecule is N#CC(C(=O)Nc1ccccc1)C(=O)C1=NN(C2C=CCCC2)C2=c3ccccc3=CSC12. The van der Waals surface area contributed by atoms with Gasteiger partial charge in [-0.1, -0.05) is 54.6 Å². The topological polar surface area (TPSA) is 85.6 Å². The number of nitrogens with one attached hydrogen (secondary N) is 1. The van der Waals surface area contributed by atoms with E-state index < -0.39 is 17.6 Å². The van der Waals surface area contributed by atoms with Crippen molar-refractivity contribution in [2.24, 2.45) is 11.0 Å². The lowest BCUT2D eigenvalue weighted by molar-refractivity contribution is -0.125. The molecule has 0 saturated carbocycles. The second-order valence-corrected chi connectivity index (χ2v) is 9.12. The van der Waals surface area contributed by atoms with Gasteiger partial charge in [-0.15, -0.1) is 11.8 Å². The van der Waals surface area contributed by atoms with Gasteiger partial charge in [0.1, 0.15) is 5.71 Å². The summed E-state index contributed by atoms with van der Waals surface area (Å²) in [6, 6.07) is 18.8. The van der Waals surface area contributed by atoms with E-state index >= 15 is 0 Å². The van der Waals surface area contributed by atoms with Crippen LogP contribution in [0.25, 0.3) is 11.1 Å². The lowest BCUT2D eigenvalue weighted by atomic mass is 9.96. The number of carbonyl (C=O) groups is 2. The van der Waals surface area contributed by atoms with Gasteiger partial charge in [0.25, 0.3) is 0 Å². The average Bonchev–Trinajstić information content (AvgIpc) is 3.26. The van der Waals surface area contributed by atoms with Crippen molar-refractivity contribution < 1.29 is 9.59 Å². The number of hydrazone groups is 1. The molecule has 0 radical (unpaired) electrons. The lowest BCUT2D eigenvalue weighted by Crippen LogP contribution is -2.42. The van der Waals surface area contributed by atoms with E-state index in [1.807, 2.05) is 46.8 Å². The first-order valence-electron chi connectivity index (χ1n) is 11.0. The Kier molecular flexibility index (Phi) is 5.84. The molecule has 0 fully saturated rings. The monoisotopic (exact) mass is 454 g/mol. The minimum atomic E-state index is -1.47. The number of anilines is 1. The van der Waals surface area contributed by atoms with Gasteiger partial charge in [0.2, 0.25) is 11.7 Å². The number of nitrogens with zero attached hydrogens (tertiary/aromatic N) is 3. The smallest absolute Gasteiger partial charge is 0.249 e. The van der Waals surface area contributed by atoms with Crippen molar-refractivity contribution in [3.8, 4) is 6.07 Å². The fourth-order valence-electron chi connectivity index (χ4n) is 4.39. The van der Waals surface area contributed by atoms with Gasteiger partial charge in [-0.25, -0.2) is 0 Å². The second kappa shape index (κ2) is 9.08. The number of hydrogen-bond acceptors (Lipinski definition) is 6. The fraction of sp³-hybridized carbons (Fsp3) is 0.231. The third-order valence-corrected chi connectivity index (χ3v) is 7.13. The number of rotatable bonds is 5. The van der Waals surface area contributed by atoms with E-state index in [-0.39, 0.29) is 17.0 Å². The summed E-state index contributed by atoms with van der Waals surface area (Å²) in [6.07, 6.45) is 7.31. The molecule has 0 spiro atoms. The molecule has 1 N–H and O–H groups in total. The van der Waals surface area contributed by atoms with Crippen LogP contribution in [0.5, 0.6) is 0 Å². The highest BCUT2D eigenvalue weighted by molar-refractivity contribution is 8.08. The van der Waals surface area contributed by atoms with Crippen LogP contribution < -0.4 is 15.8 Å². The van der Waals surface area contributed by atoms with Crippen molar-refractivity contribution in [2.45, 2.75) is 30.6 Å². The number of amides is 1. The first kappa shape index (κ1) is 21.2. The van der Waals surface area contributed by atoms with Crippen LogP contribution in [0.4, 0.5) is 5.69 Å². The number of carbonyl (C=O) groups excluding carboxylic acids is 2. The molecule has 2 heterocycles. The summed E-state index contributed by atoms with van der Waals surface area (Å²) < 4.78 is 0. The maximum absolute atomic E-state index is 13.5. The van der Waals surface area contributed by atoms with Gasteiger partial charge in [0, 0.05) is 10.9 Å². The molecule has 3 aliphatic rings. The molecule has 7 heteroatoms. The number of nitriles is 1. The number of ketones is 1. The summed E-state index contributed by atoms with van der Waals surface area (Å²) >= 11 is 1.50. The van der Waals surface area contributed by atoms with E-state index in [2.05, 4.69) is 17.5 Å². The Morgan fingerprint density at radius 1 is 1.15 bits per heavy atom. The average molecular weight is 455 g/mol. The van der Waals surface area contributed by atoms with Gasteiger partial charge in [-0.2, -0.15) is 10.4 Å². The van der Waals surface area contributed by atoms with Crippen LogP contribution in [0.1, 0.15) is 19.3 Å². The van der Waals surface area contributed by atoms with Crippen molar-refractivity contribution in [3.05, 3.63) is 77.2 Å². The standard InChI is InChI=1S/C26H22N4O2S/c27-15-21(26(32)28-18-10-3-1-4-11-18)24(31)22-25-23(20-14-8-7-9-17(20)16-33-25)30(29-22)19-12-5-2-6-13-19/h1,3-5,7-12,14,16,19,21,25H,2,6,13H2,(H,28,32). The molecule has 2 aromatic rings.